The van der Waals surface area contributed by atoms with Crippen LogP contribution in [0.3, 0.4) is 0 Å². The molecule has 0 radical (unpaired) electrons. The second-order valence-corrected chi connectivity index (χ2v) is 2.54. The molecule has 2 nitrogen and oxygen atoms in total. The molecule has 0 spiro atoms. The van der Waals surface area contributed by atoms with Gasteiger partial charge in [0.25, 0.3) is 0 Å². The van der Waals surface area contributed by atoms with Crippen LogP contribution >= 0.6 is 0 Å². The van der Waals surface area contributed by atoms with E-state index in [9.17, 15) is 0 Å². The minimum Gasteiger partial charge on any atom is -0.396 e. The summed E-state index contributed by atoms with van der Waals surface area (Å²) in [6.45, 7) is 1.30. The van der Waals surface area contributed by atoms with E-state index in [2.05, 4.69) is 4.57 Å². The fourth-order valence-corrected chi connectivity index (χ4v) is 0.990. The van der Waals surface area contributed by atoms with Crippen molar-refractivity contribution >= 4 is 0 Å². The van der Waals surface area contributed by atoms with Gasteiger partial charge in [-0.15, -0.1) is 0 Å². The fourth-order valence-electron chi connectivity index (χ4n) is 0.990. The van der Waals surface area contributed by atoms with Crippen molar-refractivity contribution in [2.45, 2.75) is 19.4 Å². The van der Waals surface area contributed by atoms with Gasteiger partial charge in [0.15, 0.2) is 12.4 Å². The highest BCUT2D eigenvalue weighted by molar-refractivity contribution is 4.83. The summed E-state index contributed by atoms with van der Waals surface area (Å²) in [5.74, 6) is 0. The van der Waals surface area contributed by atoms with E-state index < -0.39 is 0 Å². The lowest BCUT2D eigenvalue weighted by Crippen LogP contribution is -2.32. The van der Waals surface area contributed by atoms with Crippen molar-refractivity contribution < 1.29 is 9.67 Å². The highest BCUT2D eigenvalue weighted by Gasteiger charge is 1.95. The van der Waals surface area contributed by atoms with Crippen molar-refractivity contribution in [2.75, 3.05) is 6.61 Å². The molecule has 0 aromatic carbocycles. The lowest BCUT2D eigenvalue weighted by Gasteiger charge is -1.93. The van der Waals surface area contributed by atoms with Gasteiger partial charge in [-0.1, -0.05) is 6.07 Å². The number of pyridine rings is 1. The standard InChI is InChI=1S/C9H14NO/c11-9-5-4-8-10-6-2-1-3-7-10/h1-3,6-7,11H,4-5,8-9H2/q+1. The predicted molar refractivity (Wildman–Crippen MR) is 43.0 cm³/mol. The normalized spacial score (nSPS) is 9.91. The number of hydrogen-bond acceptors (Lipinski definition) is 1. The van der Waals surface area contributed by atoms with Crippen molar-refractivity contribution in [3.63, 3.8) is 0 Å². The first kappa shape index (κ1) is 8.21. The maximum atomic E-state index is 8.54. The highest BCUT2D eigenvalue weighted by atomic mass is 16.2. The minimum atomic E-state index is 0.299. The first-order chi connectivity index (χ1) is 5.43. The summed E-state index contributed by atoms with van der Waals surface area (Å²) in [4.78, 5) is 0. The Labute approximate surface area is 67.1 Å². The molecule has 0 aliphatic heterocycles. The van der Waals surface area contributed by atoms with Gasteiger partial charge in [-0.25, -0.2) is 4.57 Å². The third-order valence-corrected chi connectivity index (χ3v) is 1.60. The topological polar surface area (TPSA) is 24.1 Å². The van der Waals surface area contributed by atoms with E-state index in [4.69, 9.17) is 5.11 Å². The summed E-state index contributed by atoms with van der Waals surface area (Å²) in [5, 5.41) is 8.54. The Balaban J connectivity index is 2.28. The van der Waals surface area contributed by atoms with Crippen LogP contribution in [0.5, 0.6) is 0 Å². The van der Waals surface area contributed by atoms with Crippen molar-refractivity contribution in [1.29, 1.82) is 0 Å². The smallest absolute Gasteiger partial charge is 0.168 e. The van der Waals surface area contributed by atoms with Crippen molar-refractivity contribution in [3.05, 3.63) is 30.6 Å². The predicted octanol–water partition coefficient (Wildman–Crippen LogP) is 0.747. The molecule has 0 atom stereocenters. The number of aryl methyl sites for hydroxylation is 1. The van der Waals surface area contributed by atoms with Gasteiger partial charge >= 0.3 is 0 Å². The molecule has 1 aromatic rings. The highest BCUT2D eigenvalue weighted by Crippen LogP contribution is 1.86. The molecule has 0 fully saturated rings. The van der Waals surface area contributed by atoms with Crippen molar-refractivity contribution in [1.82, 2.24) is 0 Å². The molecule has 1 heterocycles. The summed E-state index contributed by atoms with van der Waals surface area (Å²) in [6, 6.07) is 6.03. The largest absolute Gasteiger partial charge is 0.396 e. The molecule has 0 saturated heterocycles. The van der Waals surface area contributed by atoms with E-state index in [0.717, 1.165) is 19.4 Å². The first-order valence-electron chi connectivity index (χ1n) is 3.98. The minimum absolute atomic E-state index is 0.299. The number of hydrogen-bond donors (Lipinski definition) is 1. The zero-order valence-corrected chi connectivity index (χ0v) is 6.61. The Morgan fingerprint density at radius 2 is 1.73 bits per heavy atom. The van der Waals surface area contributed by atoms with Gasteiger partial charge in [0, 0.05) is 25.2 Å². The Hall–Kier alpha value is -0.890. The molecule has 2 heteroatoms. The summed E-state index contributed by atoms with van der Waals surface area (Å²) < 4.78 is 2.12. The average molecular weight is 152 g/mol. The van der Waals surface area contributed by atoms with Gasteiger partial charge in [0.1, 0.15) is 6.54 Å². The van der Waals surface area contributed by atoms with Crippen LogP contribution < -0.4 is 4.57 Å². The van der Waals surface area contributed by atoms with E-state index in [1.807, 2.05) is 30.6 Å². The van der Waals surface area contributed by atoms with E-state index in [0.29, 0.717) is 6.61 Å². The third kappa shape index (κ3) is 3.14. The lowest BCUT2D eigenvalue weighted by molar-refractivity contribution is -0.697. The van der Waals surface area contributed by atoms with Crippen LogP contribution in [0.4, 0.5) is 0 Å². The summed E-state index contributed by atoms with van der Waals surface area (Å²) in [6.07, 6.45) is 6.02. The maximum absolute atomic E-state index is 8.54. The third-order valence-electron chi connectivity index (χ3n) is 1.60. The quantitative estimate of drug-likeness (QED) is 0.499. The fraction of sp³-hybridized carbons (Fsp3) is 0.444. The van der Waals surface area contributed by atoms with Crippen LogP contribution in [-0.2, 0) is 6.54 Å². The Bertz CT molecular complexity index is 186. The molecule has 0 aliphatic carbocycles. The van der Waals surface area contributed by atoms with Gasteiger partial charge in [-0.2, -0.15) is 0 Å². The Morgan fingerprint density at radius 1 is 1.00 bits per heavy atom. The summed E-state index contributed by atoms with van der Waals surface area (Å²) in [5.41, 5.74) is 0. The van der Waals surface area contributed by atoms with Crippen LogP contribution in [-0.4, -0.2) is 11.7 Å². The van der Waals surface area contributed by atoms with E-state index in [1.54, 1.807) is 0 Å². The number of aromatic nitrogens is 1. The molecule has 0 aliphatic rings. The second kappa shape index (κ2) is 4.85. The molecule has 0 unspecified atom stereocenters. The van der Waals surface area contributed by atoms with Crippen LogP contribution in [0.2, 0.25) is 0 Å². The second-order valence-electron chi connectivity index (χ2n) is 2.54. The van der Waals surface area contributed by atoms with E-state index in [1.165, 1.54) is 0 Å². The Kier molecular flexibility index (Phi) is 3.62. The lowest BCUT2D eigenvalue weighted by atomic mass is 10.3. The number of rotatable bonds is 4. The van der Waals surface area contributed by atoms with Crippen LogP contribution in [0.25, 0.3) is 0 Å². The van der Waals surface area contributed by atoms with Gasteiger partial charge in [-0.05, 0) is 6.42 Å². The van der Waals surface area contributed by atoms with Crippen molar-refractivity contribution in [2.24, 2.45) is 0 Å². The molecule has 1 N–H and O–H groups in total. The Morgan fingerprint density at radius 3 is 2.36 bits per heavy atom. The number of aliphatic hydroxyl groups excluding tert-OH is 1. The van der Waals surface area contributed by atoms with Crippen LogP contribution in [0.1, 0.15) is 12.8 Å². The number of unbranched alkanes of at least 4 members (excludes halogenated alkanes) is 1. The van der Waals surface area contributed by atoms with Crippen LogP contribution in [0, 0.1) is 0 Å². The molecule has 0 bridgehead atoms. The van der Waals surface area contributed by atoms with E-state index >= 15 is 0 Å². The van der Waals surface area contributed by atoms with Gasteiger partial charge in [0.2, 0.25) is 0 Å². The van der Waals surface area contributed by atoms with E-state index in [-0.39, 0.29) is 0 Å². The molecule has 11 heavy (non-hydrogen) atoms. The van der Waals surface area contributed by atoms with Gasteiger partial charge in [-0.3, -0.25) is 0 Å². The van der Waals surface area contributed by atoms with Crippen molar-refractivity contribution in [3.8, 4) is 0 Å². The summed E-state index contributed by atoms with van der Waals surface area (Å²) >= 11 is 0. The summed E-state index contributed by atoms with van der Waals surface area (Å²) in [7, 11) is 0. The van der Waals surface area contributed by atoms with Gasteiger partial charge in [0.05, 0.1) is 0 Å². The molecule has 60 valence electrons. The van der Waals surface area contributed by atoms with Crippen LogP contribution in [0.15, 0.2) is 30.6 Å². The average Bonchev–Trinajstić information content (AvgIpc) is 2.07. The zero-order chi connectivity index (χ0) is 7.94. The van der Waals surface area contributed by atoms with Gasteiger partial charge < -0.3 is 5.11 Å². The molecule has 0 saturated carbocycles. The molecular weight excluding hydrogens is 138 g/mol. The number of aliphatic hydroxyl groups is 1. The maximum Gasteiger partial charge on any atom is 0.168 e. The monoisotopic (exact) mass is 152 g/mol. The zero-order valence-electron chi connectivity index (χ0n) is 6.61. The first-order valence-corrected chi connectivity index (χ1v) is 3.98. The SMILES string of the molecule is OCCCC[n+]1ccccc1. The molecule has 1 aromatic heterocycles. The molecule has 1 rings (SSSR count). The molecular formula is C9H14NO+. The number of nitrogens with zero attached hydrogens (tertiary/aromatic N) is 1. The molecule has 0 amide bonds.